The number of carbonyl (C=O) groups excluding carboxylic acids is 4. The molecule has 4 radical (unpaired) electrons. The van der Waals surface area contributed by atoms with Crippen molar-refractivity contribution in [2.75, 3.05) is 13.2 Å². The van der Waals surface area contributed by atoms with Crippen molar-refractivity contribution < 1.29 is 188 Å². The summed E-state index contributed by atoms with van der Waals surface area (Å²) in [6.07, 6.45) is 0.00756. The summed E-state index contributed by atoms with van der Waals surface area (Å²) in [6, 6.07) is 50.0. The van der Waals surface area contributed by atoms with Gasteiger partial charge in [-0.25, -0.2) is 9.00 Å². The Kier molecular flexibility index (Phi) is 186. The van der Waals surface area contributed by atoms with Crippen molar-refractivity contribution in [3.05, 3.63) is 146 Å². The van der Waals surface area contributed by atoms with Crippen LogP contribution in [0.1, 0.15) is 89.5 Å². The second kappa shape index (κ2) is 121. The molecule has 2 N–H and O–H groups in total. The maximum atomic E-state index is 10.2. The summed E-state index contributed by atoms with van der Waals surface area (Å²) in [7, 11) is 7.36. The molecule has 4 aromatic carbocycles. The van der Waals surface area contributed by atoms with Crippen LogP contribution in [-0.2, 0) is 173 Å². The summed E-state index contributed by atoms with van der Waals surface area (Å²) in [6.45, 7) is 26.4. The minimum atomic E-state index is -1.67. The van der Waals surface area contributed by atoms with Gasteiger partial charge < -0.3 is 60.0 Å². The first kappa shape index (κ1) is 104. The van der Waals surface area contributed by atoms with E-state index in [2.05, 4.69) is 71.4 Å². The fraction of sp³-hybridized carbons (Fsp3) is 0.362. The Hall–Kier alpha value is -0.374. The van der Waals surface area contributed by atoms with Crippen molar-refractivity contribution in [3.8, 4) is 0 Å². The molecule has 0 fully saturated rings. The molecule has 0 aliphatic carbocycles. The van der Waals surface area contributed by atoms with Crippen LogP contribution in [0, 0.1) is 36.1 Å². The van der Waals surface area contributed by atoms with Crippen LogP contribution in [0.4, 0.5) is 9.59 Å². The van der Waals surface area contributed by atoms with Crippen LogP contribution in [-0.4, -0.2) is 64.4 Å². The predicted molar refractivity (Wildman–Crippen MR) is 264 cm³/mol. The summed E-state index contributed by atoms with van der Waals surface area (Å²) in [4.78, 5) is 54.6. The van der Waals surface area contributed by atoms with Crippen molar-refractivity contribution >= 4 is 90.5 Å². The van der Waals surface area contributed by atoms with Crippen molar-refractivity contribution in [2.45, 2.75) is 89.5 Å². The van der Waals surface area contributed by atoms with Gasteiger partial charge in [0.1, 0.15) is 0 Å². The van der Waals surface area contributed by atoms with Gasteiger partial charge in [0.15, 0.2) is 6.47 Å². The third kappa shape index (κ3) is 184. The number of hydrogen-bond acceptors (Lipinski definition) is 10. The zero-order valence-corrected chi connectivity index (χ0v) is 56.2. The van der Waals surface area contributed by atoms with Gasteiger partial charge in [-0.3, -0.25) is 0 Å². The van der Waals surface area contributed by atoms with Gasteiger partial charge in [-0.2, -0.15) is 151 Å². The van der Waals surface area contributed by atoms with Crippen LogP contribution in [0.15, 0.2) is 121 Å². The van der Waals surface area contributed by atoms with Crippen LogP contribution < -0.4 is 0 Å². The number of ether oxygens (including phenoxy) is 3. The van der Waals surface area contributed by atoms with Gasteiger partial charge >= 0.3 is 11.6 Å². The van der Waals surface area contributed by atoms with E-state index in [1.807, 2.05) is 204 Å². The first-order chi connectivity index (χ1) is 30.8. The minimum Gasteiger partial charge on any atom is -0.665 e. The topological polar surface area (TPSA) is 188 Å². The van der Waals surface area contributed by atoms with Gasteiger partial charge in [0.05, 0.1) is 13.2 Å². The summed E-state index contributed by atoms with van der Waals surface area (Å²) in [5.74, 6) is 1.62. The molecule has 21 heteroatoms. The molecule has 0 saturated carbocycles. The zero-order chi connectivity index (χ0) is 51.9. The molecule has 0 aromatic heterocycles. The van der Waals surface area contributed by atoms with Crippen molar-refractivity contribution in [3.63, 3.8) is 0 Å². The van der Waals surface area contributed by atoms with Crippen LogP contribution in [0.3, 0.4) is 0 Å². The molecule has 12 nitrogen and oxygen atoms in total. The first-order valence-corrected chi connectivity index (χ1v) is 22.8. The number of benzene rings is 4. The molecule has 0 amide bonds. The van der Waals surface area contributed by atoms with E-state index in [-0.39, 0.29) is 143 Å². The Labute approximate surface area is 531 Å². The van der Waals surface area contributed by atoms with Crippen LogP contribution in [0.5, 0.6) is 0 Å². The van der Waals surface area contributed by atoms with Crippen LogP contribution >= 0.6 is 44.6 Å². The fourth-order valence-electron chi connectivity index (χ4n) is 1.99. The Morgan fingerprint density at radius 3 is 0.897 bits per heavy atom. The van der Waals surface area contributed by atoms with E-state index in [9.17, 15) is 14.4 Å². The summed E-state index contributed by atoms with van der Waals surface area (Å²) >= 11 is 9.11. The quantitative estimate of drug-likeness (QED) is 0.0806. The molecule has 1 atom stereocenters. The molecule has 4 rings (SSSR count). The molecule has 0 aliphatic rings. The van der Waals surface area contributed by atoms with E-state index in [1.165, 1.54) is 0 Å². The Balaban J connectivity index is -0.0000000395. The Bertz CT molecular complexity index is 1120. The average Bonchev–Trinajstić information content (AvgIpc) is 3.34. The standard InChI is InChI=1S/C6H11ClO2.C6H9O4.4C6H5.4C2H6.CClO.2CHO2.Cl2OS.4Y/c1-3-5(2)4-9-6(7)8;1-5(2)3-9-6(8)10-4-7;4*1-2-4-6-5-3-1;4*1-2;3*2-1-3;1-4(2)3;;;;/h5H,3-4H2,1-2H3;5H,3H2,1-2H3;4*1-5H;4*1-2H3;;2*(H,2,3);;;;;/q;5*-1;;;;;3*-1;;;;;. The van der Waals surface area contributed by atoms with Gasteiger partial charge in [-0.15, -0.1) is 0 Å². The number of rotatable bonds is 6. The molecular formula is C47H66Cl4O12SY4-8. The van der Waals surface area contributed by atoms with Gasteiger partial charge in [-0.05, 0) is 11.8 Å². The first-order valence-electron chi connectivity index (χ1n) is 19.2. The Morgan fingerprint density at radius 1 is 0.559 bits per heavy atom. The van der Waals surface area contributed by atoms with E-state index >= 15 is 0 Å². The van der Waals surface area contributed by atoms with Crippen LogP contribution in [0.25, 0.3) is 0 Å². The molecule has 0 spiro atoms. The monoisotopic (exact) mass is 1350 g/mol. The Morgan fingerprint density at radius 2 is 0.779 bits per heavy atom. The largest absolute Gasteiger partial charge is 0.665 e. The molecule has 0 bridgehead atoms. The van der Waals surface area contributed by atoms with Crippen LogP contribution in [0.2, 0.25) is 0 Å². The van der Waals surface area contributed by atoms with E-state index in [1.54, 1.807) is 0 Å². The molecule has 380 valence electrons. The van der Waals surface area contributed by atoms with E-state index in [0.29, 0.717) is 25.5 Å². The number of carbonyl (C=O) groups is 2. The summed E-state index contributed by atoms with van der Waals surface area (Å²) in [5, 5.41) is 13.5. The third-order valence-corrected chi connectivity index (χ3v) is 4.38. The predicted octanol–water partition coefficient (Wildman–Crippen LogP) is 13.9. The van der Waals surface area contributed by atoms with Gasteiger partial charge in [0, 0.05) is 164 Å². The van der Waals surface area contributed by atoms with Gasteiger partial charge in [-0.1, -0.05) is 102 Å². The molecular weight excluding hydrogens is 1290 g/mol. The third-order valence-electron chi connectivity index (χ3n) is 4.27. The SMILES string of the molecule is CC.CC.CC.CC.CC(C)COC(=O)O[C-]=O.CCC(C)COC(=O)Cl.O=S(Cl)Cl.O=[C-]Cl.O=[C-]O.O=[C-]O.[Y].[Y].[Y].[Y].[c-]1ccccc1.[c-]1ccccc1.[c-]1ccccc1.[c-]1ccccc1. The summed E-state index contributed by atoms with van der Waals surface area (Å²) in [5.41, 5.74) is -0.713. The maximum Gasteiger partial charge on any atom is 0.403 e. The van der Waals surface area contributed by atoms with Crippen molar-refractivity contribution in [1.82, 2.24) is 0 Å². The summed E-state index contributed by atoms with van der Waals surface area (Å²) < 4.78 is 21.8. The van der Waals surface area contributed by atoms with E-state index in [4.69, 9.17) is 40.4 Å². The second-order valence-corrected chi connectivity index (χ2v) is 11.9. The second-order valence-electron chi connectivity index (χ2n) is 8.96. The number of halogens is 4. The average molecular weight is 1350 g/mol. The molecule has 68 heavy (non-hydrogen) atoms. The number of hydrogen-bond donors (Lipinski definition) is 2. The molecule has 1 unspecified atom stereocenters. The molecule has 0 aliphatic heterocycles. The van der Waals surface area contributed by atoms with E-state index < -0.39 is 20.8 Å². The van der Waals surface area contributed by atoms with Gasteiger partial charge in [0.25, 0.3) is 0 Å². The number of aliphatic hydroxyl groups excluding tert-OH is 2. The molecule has 4 aromatic rings. The zero-order valence-electron chi connectivity index (χ0n) is 41.0. The minimum absolute atomic E-state index is 0. The molecule has 0 saturated heterocycles. The maximum absolute atomic E-state index is 10.2. The van der Waals surface area contributed by atoms with Crippen molar-refractivity contribution in [2.24, 2.45) is 11.8 Å². The van der Waals surface area contributed by atoms with E-state index in [0.717, 1.165) is 18.6 Å². The fourth-order valence-corrected chi connectivity index (χ4v) is 2.05. The van der Waals surface area contributed by atoms with Gasteiger partial charge in [0.2, 0.25) is 9.23 Å². The smallest absolute Gasteiger partial charge is 0.403 e. The normalized spacial score (nSPS) is 7.26. The molecule has 0 heterocycles. The van der Waals surface area contributed by atoms with Crippen molar-refractivity contribution in [1.29, 1.82) is 0 Å².